The predicted molar refractivity (Wildman–Crippen MR) is 73.2 cm³/mol. The first-order chi connectivity index (χ1) is 8.84. The molecule has 1 saturated heterocycles. The molecular weight excluding hydrogens is 268 g/mol. The third-order valence-electron chi connectivity index (χ3n) is 3.30. The van der Waals surface area contributed by atoms with Crippen LogP contribution in [0.25, 0.3) is 0 Å². The fraction of sp³-hybridized carbons (Fsp3) is 0.917. The fourth-order valence-electron chi connectivity index (χ4n) is 2.19. The number of carbonyl (C=O) groups is 1. The molecule has 0 amide bonds. The number of hydrogen-bond acceptors (Lipinski definition) is 5. The normalized spacial score (nSPS) is 23.0. The first-order valence-electron chi connectivity index (χ1n) is 6.69. The highest BCUT2D eigenvalue weighted by Gasteiger charge is 2.26. The standard InChI is InChI=1S/C12H24N2O4S/c1-4-18-12(15)10(2)13-8-11-6-5-7-14(9-11)19(3,16)17/h10-11,13H,4-9H2,1-3H3. The van der Waals surface area contributed by atoms with Crippen molar-refractivity contribution in [2.75, 3.05) is 32.5 Å². The van der Waals surface area contributed by atoms with Crippen molar-refractivity contribution in [1.82, 2.24) is 9.62 Å². The quantitative estimate of drug-likeness (QED) is 0.708. The van der Waals surface area contributed by atoms with Gasteiger partial charge in [0.15, 0.2) is 0 Å². The van der Waals surface area contributed by atoms with E-state index in [1.165, 1.54) is 10.6 Å². The zero-order valence-corrected chi connectivity index (χ0v) is 12.7. The minimum absolute atomic E-state index is 0.250. The smallest absolute Gasteiger partial charge is 0.322 e. The maximum atomic E-state index is 11.5. The second-order valence-corrected chi connectivity index (χ2v) is 6.99. The number of nitrogens with one attached hydrogen (secondary N) is 1. The van der Waals surface area contributed by atoms with Crippen molar-refractivity contribution < 1.29 is 17.9 Å². The van der Waals surface area contributed by atoms with Gasteiger partial charge in [-0.05, 0) is 32.6 Å². The molecule has 1 fully saturated rings. The van der Waals surface area contributed by atoms with E-state index in [-0.39, 0.29) is 17.9 Å². The van der Waals surface area contributed by atoms with Gasteiger partial charge in [-0.15, -0.1) is 0 Å². The van der Waals surface area contributed by atoms with Gasteiger partial charge in [-0.2, -0.15) is 0 Å². The van der Waals surface area contributed by atoms with Gasteiger partial charge in [-0.1, -0.05) is 0 Å². The number of carbonyl (C=O) groups excluding carboxylic acids is 1. The van der Waals surface area contributed by atoms with Gasteiger partial charge in [0.25, 0.3) is 0 Å². The topological polar surface area (TPSA) is 75.7 Å². The molecule has 6 nitrogen and oxygen atoms in total. The molecule has 0 aliphatic carbocycles. The average Bonchev–Trinajstić information content (AvgIpc) is 2.35. The molecule has 0 spiro atoms. The Kier molecular flexibility index (Phi) is 6.22. The van der Waals surface area contributed by atoms with Crippen molar-refractivity contribution in [3.8, 4) is 0 Å². The summed E-state index contributed by atoms with van der Waals surface area (Å²) in [6.45, 7) is 5.66. The maximum Gasteiger partial charge on any atom is 0.322 e. The molecule has 1 aliphatic rings. The maximum absolute atomic E-state index is 11.5. The van der Waals surface area contributed by atoms with Gasteiger partial charge in [-0.25, -0.2) is 12.7 Å². The second-order valence-electron chi connectivity index (χ2n) is 5.01. The first-order valence-corrected chi connectivity index (χ1v) is 8.54. The average molecular weight is 292 g/mol. The lowest BCUT2D eigenvalue weighted by Crippen LogP contribution is -2.45. The molecule has 0 aromatic heterocycles. The van der Waals surface area contributed by atoms with E-state index in [0.29, 0.717) is 26.2 Å². The second kappa shape index (κ2) is 7.21. The van der Waals surface area contributed by atoms with Crippen LogP contribution in [0, 0.1) is 5.92 Å². The lowest BCUT2D eigenvalue weighted by molar-refractivity contribution is -0.145. The summed E-state index contributed by atoms with van der Waals surface area (Å²) in [7, 11) is -3.11. The fourth-order valence-corrected chi connectivity index (χ4v) is 3.13. The van der Waals surface area contributed by atoms with Crippen LogP contribution in [0.4, 0.5) is 0 Å². The molecule has 1 rings (SSSR count). The Morgan fingerprint density at radius 3 is 2.79 bits per heavy atom. The van der Waals surface area contributed by atoms with E-state index in [1.54, 1.807) is 13.8 Å². The van der Waals surface area contributed by atoms with Crippen LogP contribution in [0.1, 0.15) is 26.7 Å². The third kappa shape index (κ3) is 5.46. The molecule has 0 aromatic rings. The number of piperidine rings is 1. The zero-order valence-electron chi connectivity index (χ0n) is 11.9. The van der Waals surface area contributed by atoms with Crippen LogP contribution < -0.4 is 5.32 Å². The van der Waals surface area contributed by atoms with Crippen molar-refractivity contribution >= 4 is 16.0 Å². The Labute approximate surface area is 115 Å². The molecule has 1 aliphatic heterocycles. The van der Waals surface area contributed by atoms with E-state index in [1.807, 2.05) is 0 Å². The molecule has 0 saturated carbocycles. The van der Waals surface area contributed by atoms with Crippen LogP contribution in [0.5, 0.6) is 0 Å². The highest BCUT2D eigenvalue weighted by Crippen LogP contribution is 2.18. The van der Waals surface area contributed by atoms with Crippen molar-refractivity contribution in [3.63, 3.8) is 0 Å². The van der Waals surface area contributed by atoms with Crippen LogP contribution in [0.3, 0.4) is 0 Å². The summed E-state index contributed by atoms with van der Waals surface area (Å²) in [6.07, 6.45) is 3.09. The molecule has 1 heterocycles. The van der Waals surface area contributed by atoms with Crippen LogP contribution in [0.15, 0.2) is 0 Å². The van der Waals surface area contributed by atoms with Crippen molar-refractivity contribution in [2.45, 2.75) is 32.7 Å². The molecule has 1 N–H and O–H groups in total. The SMILES string of the molecule is CCOC(=O)C(C)NCC1CCCN(S(C)(=O)=O)C1. The summed E-state index contributed by atoms with van der Waals surface area (Å²) in [4.78, 5) is 11.4. The van der Waals surface area contributed by atoms with E-state index in [9.17, 15) is 13.2 Å². The Bertz CT molecular complexity index is 397. The van der Waals surface area contributed by atoms with E-state index < -0.39 is 10.0 Å². The summed E-state index contributed by atoms with van der Waals surface area (Å²) in [5.41, 5.74) is 0. The highest BCUT2D eigenvalue weighted by atomic mass is 32.2. The Morgan fingerprint density at radius 2 is 2.21 bits per heavy atom. The Hall–Kier alpha value is -0.660. The molecule has 7 heteroatoms. The molecule has 112 valence electrons. The zero-order chi connectivity index (χ0) is 14.5. The lowest BCUT2D eigenvalue weighted by atomic mass is 9.99. The van der Waals surface area contributed by atoms with Gasteiger partial charge in [0.05, 0.1) is 12.9 Å². The molecular formula is C12H24N2O4S. The summed E-state index contributed by atoms with van der Waals surface area (Å²) < 4.78 is 29.4. The predicted octanol–water partition coefficient (Wildman–Crippen LogP) is 0.199. The number of hydrogen-bond donors (Lipinski definition) is 1. The Morgan fingerprint density at radius 1 is 1.53 bits per heavy atom. The van der Waals surface area contributed by atoms with Crippen LogP contribution in [-0.4, -0.2) is 57.2 Å². The van der Waals surface area contributed by atoms with Gasteiger partial charge >= 0.3 is 5.97 Å². The summed E-state index contributed by atoms with van der Waals surface area (Å²) >= 11 is 0. The van der Waals surface area contributed by atoms with Crippen LogP contribution in [0.2, 0.25) is 0 Å². The van der Waals surface area contributed by atoms with Gasteiger partial charge < -0.3 is 10.1 Å². The minimum atomic E-state index is -3.11. The molecule has 0 aromatic carbocycles. The van der Waals surface area contributed by atoms with Gasteiger partial charge in [-0.3, -0.25) is 4.79 Å². The van der Waals surface area contributed by atoms with Crippen LogP contribution in [-0.2, 0) is 19.6 Å². The van der Waals surface area contributed by atoms with E-state index in [2.05, 4.69) is 5.32 Å². The molecule has 2 atom stereocenters. The van der Waals surface area contributed by atoms with Crippen LogP contribution >= 0.6 is 0 Å². The number of rotatable bonds is 6. The van der Waals surface area contributed by atoms with Crippen molar-refractivity contribution in [3.05, 3.63) is 0 Å². The number of sulfonamides is 1. The summed E-state index contributed by atoms with van der Waals surface area (Å²) in [5, 5.41) is 3.11. The number of esters is 1. The molecule has 2 unspecified atom stereocenters. The van der Waals surface area contributed by atoms with Crippen molar-refractivity contribution in [2.24, 2.45) is 5.92 Å². The summed E-state index contributed by atoms with van der Waals surface area (Å²) in [5.74, 6) is -0.0152. The largest absolute Gasteiger partial charge is 0.465 e. The monoisotopic (exact) mass is 292 g/mol. The van der Waals surface area contributed by atoms with Gasteiger partial charge in [0.1, 0.15) is 6.04 Å². The van der Waals surface area contributed by atoms with Gasteiger partial charge in [0.2, 0.25) is 10.0 Å². The number of nitrogens with zero attached hydrogens (tertiary/aromatic N) is 1. The molecule has 0 radical (unpaired) electrons. The van der Waals surface area contributed by atoms with E-state index in [4.69, 9.17) is 4.74 Å². The summed E-state index contributed by atoms with van der Waals surface area (Å²) in [6, 6.07) is -0.353. The van der Waals surface area contributed by atoms with E-state index >= 15 is 0 Å². The van der Waals surface area contributed by atoms with Crippen molar-refractivity contribution in [1.29, 1.82) is 0 Å². The van der Waals surface area contributed by atoms with E-state index in [0.717, 1.165) is 12.8 Å². The lowest BCUT2D eigenvalue weighted by Gasteiger charge is -2.31. The first kappa shape index (κ1) is 16.4. The Balaban J connectivity index is 2.39. The van der Waals surface area contributed by atoms with Gasteiger partial charge in [0, 0.05) is 19.6 Å². The third-order valence-corrected chi connectivity index (χ3v) is 4.57. The minimum Gasteiger partial charge on any atom is -0.465 e. The highest BCUT2D eigenvalue weighted by molar-refractivity contribution is 7.88. The molecule has 0 bridgehead atoms. The number of ether oxygens (including phenoxy) is 1. The molecule has 19 heavy (non-hydrogen) atoms.